The molecule has 14 heteroatoms. The summed E-state index contributed by atoms with van der Waals surface area (Å²) in [7, 11) is 0. The van der Waals surface area contributed by atoms with Gasteiger partial charge in [0.2, 0.25) is 5.91 Å². The van der Waals surface area contributed by atoms with Gasteiger partial charge in [0.05, 0.1) is 32.0 Å². The van der Waals surface area contributed by atoms with Gasteiger partial charge in [0.1, 0.15) is 48.8 Å². The van der Waals surface area contributed by atoms with E-state index < -0.39 is 86.8 Å². The topological polar surface area (TPSA) is 228 Å². The number of amides is 1. The Bertz CT molecular complexity index is 1670. The van der Waals surface area contributed by atoms with Gasteiger partial charge in [-0.25, -0.2) is 0 Å². The van der Waals surface area contributed by atoms with E-state index in [1.165, 1.54) is 218 Å². The average molecular weight is 1220 g/mol. The molecule has 0 spiro atoms. The lowest BCUT2D eigenvalue weighted by atomic mass is 9.97. The van der Waals surface area contributed by atoms with Crippen LogP contribution in [-0.2, 0) is 23.7 Å². The molecule has 2 heterocycles. The first-order valence-corrected chi connectivity index (χ1v) is 35.5. The number of carbonyl (C=O) groups is 1. The smallest absolute Gasteiger partial charge is 0.220 e. The number of allylic oxidation sites excluding steroid dienone is 9. The van der Waals surface area contributed by atoms with Crippen molar-refractivity contribution in [1.82, 2.24) is 5.32 Å². The highest BCUT2D eigenvalue weighted by Gasteiger charge is 2.51. The van der Waals surface area contributed by atoms with Crippen LogP contribution in [0.25, 0.3) is 0 Å². The summed E-state index contributed by atoms with van der Waals surface area (Å²) >= 11 is 0. The quantitative estimate of drug-likeness (QED) is 0.0204. The van der Waals surface area contributed by atoms with Gasteiger partial charge in [0, 0.05) is 6.42 Å². The fraction of sp³-hybridized carbons (Fsp3) is 0.847. The average Bonchev–Trinajstić information content (AvgIpc) is 2.76. The third-order valence-electron chi connectivity index (χ3n) is 17.2. The second kappa shape index (κ2) is 56.7. The number of hydrogen-bond acceptors (Lipinski definition) is 13. The maximum Gasteiger partial charge on any atom is 0.220 e. The molecule has 9 N–H and O–H groups in total. The van der Waals surface area contributed by atoms with Crippen LogP contribution in [0.1, 0.15) is 296 Å². The maximum atomic E-state index is 13.3. The molecule has 0 aromatic rings. The summed E-state index contributed by atoms with van der Waals surface area (Å²) < 4.78 is 22.8. The van der Waals surface area contributed by atoms with Crippen LogP contribution in [0, 0.1) is 0 Å². The molecule has 0 saturated carbocycles. The van der Waals surface area contributed by atoms with E-state index in [0.717, 1.165) is 44.9 Å². The minimum Gasteiger partial charge on any atom is -0.394 e. The zero-order valence-corrected chi connectivity index (χ0v) is 54.6. The molecule has 12 atom stereocenters. The third kappa shape index (κ3) is 40.4. The molecule has 14 nitrogen and oxygen atoms in total. The molecule has 2 rings (SSSR count). The Morgan fingerprint density at radius 1 is 0.419 bits per heavy atom. The molecule has 0 bridgehead atoms. The van der Waals surface area contributed by atoms with Crippen LogP contribution in [0.3, 0.4) is 0 Å². The van der Waals surface area contributed by atoms with Gasteiger partial charge in [-0.15, -0.1) is 0 Å². The highest BCUT2D eigenvalue weighted by Crippen LogP contribution is 2.30. The van der Waals surface area contributed by atoms with Crippen molar-refractivity contribution in [3.63, 3.8) is 0 Å². The van der Waals surface area contributed by atoms with Crippen LogP contribution in [-0.4, -0.2) is 140 Å². The highest BCUT2D eigenvalue weighted by molar-refractivity contribution is 5.76. The van der Waals surface area contributed by atoms with Crippen molar-refractivity contribution < 1.29 is 64.6 Å². The van der Waals surface area contributed by atoms with E-state index in [-0.39, 0.29) is 18.9 Å². The van der Waals surface area contributed by atoms with E-state index >= 15 is 0 Å². The number of hydrogen-bond donors (Lipinski definition) is 9. The second-order valence-corrected chi connectivity index (χ2v) is 25.0. The lowest BCUT2D eigenvalue weighted by Gasteiger charge is -2.46. The summed E-state index contributed by atoms with van der Waals surface area (Å²) in [4.78, 5) is 13.3. The van der Waals surface area contributed by atoms with Crippen molar-refractivity contribution in [2.45, 2.75) is 370 Å². The first-order valence-electron chi connectivity index (χ1n) is 35.5. The van der Waals surface area contributed by atoms with E-state index in [4.69, 9.17) is 18.9 Å². The standard InChI is InChI=1S/C72H131NO13/c1-3-5-7-9-11-13-15-17-18-19-20-21-22-23-24-25-26-27-28-29-30-31-32-33-34-35-36-37-38-39-40-41-42-44-46-48-50-52-54-56-64(77)73-60(61(76)55-53-51-49-47-45-43-16-14-12-10-8-6-4-2)59-83-71-69(82)67(80)70(63(58-75)85-71)86-72-68(81)66(79)65(78)62(57-74)84-72/h15,17,19-20,22-23,45,47,53,55,60-63,65-72,74-76,78-82H,3-14,16,18,21,24-44,46,48-52,54,56-59H2,1-2H3,(H,73,77)/b17-15-,20-19-,23-22-,47-45+,55-53+. The van der Waals surface area contributed by atoms with Crippen LogP contribution < -0.4 is 5.32 Å². The number of unbranched alkanes of at least 4 members (excludes halogenated alkanes) is 37. The molecular formula is C72H131NO13. The molecular weight excluding hydrogens is 1090 g/mol. The molecule has 1 amide bonds. The first kappa shape index (κ1) is 79.8. The van der Waals surface area contributed by atoms with Crippen molar-refractivity contribution in [2.75, 3.05) is 19.8 Å². The van der Waals surface area contributed by atoms with Crippen LogP contribution in [0.15, 0.2) is 60.8 Å². The van der Waals surface area contributed by atoms with Gasteiger partial charge >= 0.3 is 0 Å². The minimum atomic E-state index is -1.79. The molecule has 0 aromatic heterocycles. The number of aliphatic hydroxyl groups is 8. The summed E-state index contributed by atoms with van der Waals surface area (Å²) in [6.45, 7) is 2.77. The van der Waals surface area contributed by atoms with Crippen LogP contribution >= 0.6 is 0 Å². The third-order valence-corrected chi connectivity index (χ3v) is 17.2. The molecule has 2 aliphatic heterocycles. The number of rotatable bonds is 58. The Hall–Kier alpha value is -2.31. The SMILES string of the molecule is CCCCCCC/C=C\C/C=C\C/C=C\CCCCCCCCCCCCCCCCCCCCCCCCCCC(=O)NC(COC1OC(CO)C(OC2OC(CO)C(O)C(O)C2O)C(O)C1O)C(O)/C=C/CC/C=C/CCCCCCCCC. The summed E-state index contributed by atoms with van der Waals surface area (Å²) in [6.07, 6.45) is 58.8. The Kier molecular flexibility index (Phi) is 52.6. The van der Waals surface area contributed by atoms with Crippen molar-refractivity contribution in [3.05, 3.63) is 60.8 Å². The lowest BCUT2D eigenvalue weighted by Crippen LogP contribution is -2.65. The fourth-order valence-corrected chi connectivity index (χ4v) is 11.5. The minimum absolute atomic E-state index is 0.246. The fourth-order valence-electron chi connectivity index (χ4n) is 11.5. The van der Waals surface area contributed by atoms with Gasteiger partial charge in [-0.1, -0.05) is 280 Å². The number of nitrogens with one attached hydrogen (secondary N) is 1. The molecule has 2 aliphatic rings. The van der Waals surface area contributed by atoms with Gasteiger partial charge < -0.3 is 65.1 Å². The maximum absolute atomic E-state index is 13.3. The van der Waals surface area contributed by atoms with Crippen LogP contribution in [0.5, 0.6) is 0 Å². The predicted octanol–water partition coefficient (Wildman–Crippen LogP) is 14.5. The van der Waals surface area contributed by atoms with Gasteiger partial charge in [-0.2, -0.15) is 0 Å². The number of ether oxygens (including phenoxy) is 4. The largest absolute Gasteiger partial charge is 0.394 e. The molecule has 2 saturated heterocycles. The lowest BCUT2D eigenvalue weighted by molar-refractivity contribution is -0.359. The zero-order valence-electron chi connectivity index (χ0n) is 54.6. The van der Waals surface area contributed by atoms with E-state index in [0.29, 0.717) is 12.8 Å². The van der Waals surface area contributed by atoms with E-state index in [2.05, 4.69) is 67.8 Å². The molecule has 12 unspecified atom stereocenters. The van der Waals surface area contributed by atoms with Crippen molar-refractivity contribution in [3.8, 4) is 0 Å². The first-order chi connectivity index (χ1) is 42.1. The predicted molar refractivity (Wildman–Crippen MR) is 350 cm³/mol. The van der Waals surface area contributed by atoms with Crippen LogP contribution in [0.2, 0.25) is 0 Å². The molecule has 0 radical (unpaired) electrons. The van der Waals surface area contributed by atoms with E-state index in [9.17, 15) is 45.6 Å². The van der Waals surface area contributed by atoms with Crippen molar-refractivity contribution in [2.24, 2.45) is 0 Å². The highest BCUT2D eigenvalue weighted by atomic mass is 16.7. The van der Waals surface area contributed by atoms with Crippen molar-refractivity contribution in [1.29, 1.82) is 0 Å². The summed E-state index contributed by atoms with van der Waals surface area (Å²) in [5, 5.41) is 87.2. The molecule has 2 fully saturated rings. The molecule has 86 heavy (non-hydrogen) atoms. The second-order valence-electron chi connectivity index (χ2n) is 25.0. The number of carbonyl (C=O) groups excluding carboxylic acids is 1. The Morgan fingerprint density at radius 2 is 0.779 bits per heavy atom. The summed E-state index contributed by atoms with van der Waals surface area (Å²) in [6, 6.07) is -0.931. The Morgan fingerprint density at radius 3 is 1.22 bits per heavy atom. The summed E-state index contributed by atoms with van der Waals surface area (Å²) in [5.41, 5.74) is 0. The zero-order chi connectivity index (χ0) is 62.3. The van der Waals surface area contributed by atoms with Gasteiger partial charge in [-0.3, -0.25) is 4.79 Å². The monoisotopic (exact) mass is 1220 g/mol. The molecule has 0 aromatic carbocycles. The molecule has 0 aliphatic carbocycles. The van der Waals surface area contributed by atoms with Crippen LogP contribution in [0.4, 0.5) is 0 Å². The Balaban J connectivity index is 1.56. The van der Waals surface area contributed by atoms with Gasteiger partial charge in [0.15, 0.2) is 12.6 Å². The number of aliphatic hydroxyl groups excluding tert-OH is 8. The van der Waals surface area contributed by atoms with E-state index in [1.54, 1.807) is 6.08 Å². The van der Waals surface area contributed by atoms with Crippen molar-refractivity contribution >= 4 is 5.91 Å². The van der Waals surface area contributed by atoms with Gasteiger partial charge in [-0.05, 0) is 70.6 Å². The summed E-state index contributed by atoms with van der Waals surface area (Å²) in [5.74, 6) is -0.246. The van der Waals surface area contributed by atoms with Gasteiger partial charge in [0.25, 0.3) is 0 Å². The molecule has 502 valence electrons. The Labute approximate surface area is 524 Å². The van der Waals surface area contributed by atoms with E-state index in [1.807, 2.05) is 6.08 Å². The normalized spacial score (nSPS) is 23.7.